The smallest absolute Gasteiger partial charge is 0.208 e. The number of rotatable bonds is 5. The first-order chi connectivity index (χ1) is 14.7. The van der Waals surface area contributed by atoms with Crippen molar-refractivity contribution in [1.82, 2.24) is 4.57 Å². The summed E-state index contributed by atoms with van der Waals surface area (Å²) in [6.45, 7) is 12.1. The molecular formula is C26H26FN2O2+. The van der Waals surface area contributed by atoms with E-state index in [0.29, 0.717) is 27.9 Å². The minimum Gasteiger partial charge on any atom is -0.495 e. The third kappa shape index (κ3) is 2.80. The minimum atomic E-state index is -0.343. The van der Waals surface area contributed by atoms with Gasteiger partial charge in [-0.25, -0.2) is 4.39 Å². The molecular weight excluding hydrogens is 391 g/mol. The van der Waals surface area contributed by atoms with Crippen LogP contribution >= 0.6 is 0 Å². The number of hydrogen-bond acceptors (Lipinski definition) is 2. The van der Waals surface area contributed by atoms with Crippen LogP contribution in [0.5, 0.6) is 0 Å². The Balaban J connectivity index is 1.88. The van der Waals surface area contributed by atoms with Gasteiger partial charge in [0.15, 0.2) is 5.71 Å². The molecule has 4 nitrogen and oxygen atoms in total. The third-order valence-electron chi connectivity index (χ3n) is 6.36. The van der Waals surface area contributed by atoms with Crippen LogP contribution in [0.25, 0.3) is 16.5 Å². The Morgan fingerprint density at radius 2 is 1.94 bits per heavy atom. The lowest BCUT2D eigenvalue weighted by molar-refractivity contribution is -0.435. The van der Waals surface area contributed by atoms with Gasteiger partial charge >= 0.3 is 0 Å². The number of aromatic nitrogens is 1. The molecule has 0 N–H and O–H groups in total. The molecule has 1 aromatic heterocycles. The van der Waals surface area contributed by atoms with Gasteiger partial charge in [-0.05, 0) is 32.0 Å². The molecule has 1 aromatic carbocycles. The lowest BCUT2D eigenvalue weighted by Gasteiger charge is -2.25. The molecule has 0 spiro atoms. The molecule has 0 fully saturated rings. The van der Waals surface area contributed by atoms with Crippen LogP contribution in [0.3, 0.4) is 0 Å². The second-order valence-electron chi connectivity index (χ2n) is 8.39. The highest BCUT2D eigenvalue weighted by Crippen LogP contribution is 2.44. The van der Waals surface area contributed by atoms with Crippen LogP contribution in [-0.4, -0.2) is 34.8 Å². The van der Waals surface area contributed by atoms with Crippen LogP contribution in [0.4, 0.5) is 4.39 Å². The second kappa shape index (κ2) is 7.05. The molecule has 0 amide bonds. The normalized spacial score (nSPS) is 19.5. The highest BCUT2D eigenvalue weighted by atomic mass is 19.1. The first-order valence-corrected chi connectivity index (χ1v) is 10.1. The molecule has 1 aliphatic heterocycles. The third-order valence-corrected chi connectivity index (χ3v) is 6.36. The van der Waals surface area contributed by atoms with Crippen molar-refractivity contribution in [2.45, 2.75) is 13.8 Å². The van der Waals surface area contributed by atoms with E-state index < -0.39 is 0 Å². The predicted molar refractivity (Wildman–Crippen MR) is 122 cm³/mol. The summed E-state index contributed by atoms with van der Waals surface area (Å²) in [6, 6.07) is 4.59. The number of aryl methyl sites for hydroxylation is 1. The van der Waals surface area contributed by atoms with Crippen LogP contribution in [0.1, 0.15) is 19.4 Å². The SMILES string of the molecule is C=CC1=C(C=C)C(C)(C)C(/C=C2\C(=O)C(c3cn(C)c4ccc(F)cc34)=C2OC)=[N+]1C. The number of likely N-dealkylation sites (N-methyl/N-ethyl adjacent to an activating group) is 1. The maximum atomic E-state index is 13.9. The molecule has 0 saturated heterocycles. The summed E-state index contributed by atoms with van der Waals surface area (Å²) in [5.74, 6) is 0.0649. The molecule has 0 bridgehead atoms. The zero-order valence-corrected chi connectivity index (χ0v) is 18.5. The fraction of sp³-hybridized carbons (Fsp3) is 0.231. The van der Waals surface area contributed by atoms with E-state index in [1.165, 1.54) is 12.1 Å². The number of hydrogen-bond donors (Lipinski definition) is 0. The van der Waals surface area contributed by atoms with E-state index in [1.807, 2.05) is 41.6 Å². The number of carbonyl (C=O) groups is 1. The number of fused-ring (bicyclic) bond motifs is 1. The van der Waals surface area contributed by atoms with Crippen molar-refractivity contribution in [2.75, 3.05) is 14.2 Å². The van der Waals surface area contributed by atoms with Gasteiger partial charge in [0.2, 0.25) is 11.5 Å². The summed E-state index contributed by atoms with van der Waals surface area (Å²) in [5, 5.41) is 0.690. The number of ether oxygens (including phenoxy) is 1. The number of methoxy groups -OCH3 is 1. The number of carbonyl (C=O) groups excluding carboxylic acids is 1. The van der Waals surface area contributed by atoms with Crippen molar-refractivity contribution in [3.8, 4) is 0 Å². The Bertz CT molecular complexity index is 1310. The van der Waals surface area contributed by atoms with Crippen molar-refractivity contribution in [3.05, 3.63) is 89.8 Å². The molecule has 158 valence electrons. The van der Waals surface area contributed by atoms with Gasteiger partial charge in [-0.3, -0.25) is 4.79 Å². The first-order valence-electron chi connectivity index (χ1n) is 10.1. The number of ketones is 1. The van der Waals surface area contributed by atoms with Crippen LogP contribution in [-0.2, 0) is 16.6 Å². The molecule has 2 heterocycles. The Morgan fingerprint density at radius 1 is 1.23 bits per heavy atom. The topological polar surface area (TPSA) is 34.2 Å². The molecule has 0 atom stereocenters. The standard InChI is InChI=1S/C26H26FN2O2/c1-8-19-20(9-2)29(6)22(26(19,3)4)13-17-24(30)23(25(17)31-7)18-14-28(5)21-11-10-15(27)12-16(18)21/h8-14H,1-2H2,3-7H3/q+1. The molecule has 2 aromatic rings. The Morgan fingerprint density at radius 3 is 2.52 bits per heavy atom. The highest BCUT2D eigenvalue weighted by molar-refractivity contribution is 6.41. The number of nitrogens with zero attached hydrogens (tertiary/aromatic N) is 2. The van der Waals surface area contributed by atoms with Gasteiger partial charge in [-0.1, -0.05) is 19.2 Å². The number of allylic oxidation sites excluding steroid dienone is 6. The van der Waals surface area contributed by atoms with Gasteiger partial charge in [0.1, 0.15) is 18.6 Å². The van der Waals surface area contributed by atoms with Crippen molar-refractivity contribution < 1.29 is 18.5 Å². The van der Waals surface area contributed by atoms with Crippen molar-refractivity contribution >= 4 is 28.0 Å². The van der Waals surface area contributed by atoms with E-state index in [4.69, 9.17) is 4.74 Å². The van der Waals surface area contributed by atoms with Crippen LogP contribution < -0.4 is 0 Å². The summed E-state index contributed by atoms with van der Waals surface area (Å²) in [7, 11) is 5.38. The Kier molecular flexibility index (Phi) is 4.73. The van der Waals surface area contributed by atoms with E-state index >= 15 is 0 Å². The van der Waals surface area contributed by atoms with Crippen LogP contribution in [0, 0.1) is 11.2 Å². The highest BCUT2D eigenvalue weighted by Gasteiger charge is 2.46. The fourth-order valence-corrected chi connectivity index (χ4v) is 4.77. The van der Waals surface area contributed by atoms with Crippen LogP contribution in [0.15, 0.2) is 78.4 Å². The molecule has 5 heteroatoms. The molecule has 31 heavy (non-hydrogen) atoms. The van der Waals surface area contributed by atoms with E-state index in [9.17, 15) is 9.18 Å². The van der Waals surface area contributed by atoms with Crippen molar-refractivity contribution in [1.29, 1.82) is 0 Å². The quantitative estimate of drug-likeness (QED) is 0.511. The van der Waals surface area contributed by atoms with E-state index in [2.05, 4.69) is 27.0 Å². The van der Waals surface area contributed by atoms with Gasteiger partial charge in [0.25, 0.3) is 0 Å². The van der Waals surface area contributed by atoms with Gasteiger partial charge in [-0.2, -0.15) is 4.58 Å². The summed E-state index contributed by atoms with van der Waals surface area (Å²) in [5.41, 5.74) is 5.15. The van der Waals surface area contributed by atoms with Gasteiger partial charge < -0.3 is 9.30 Å². The molecule has 0 saturated carbocycles. The van der Waals surface area contributed by atoms with Gasteiger partial charge in [-0.15, -0.1) is 0 Å². The predicted octanol–water partition coefficient (Wildman–Crippen LogP) is 4.93. The molecule has 2 aliphatic rings. The monoisotopic (exact) mass is 417 g/mol. The maximum Gasteiger partial charge on any atom is 0.208 e. The average Bonchev–Trinajstić information content (AvgIpc) is 3.13. The van der Waals surface area contributed by atoms with Gasteiger partial charge in [0, 0.05) is 47.4 Å². The summed E-state index contributed by atoms with van der Waals surface area (Å²) in [6.07, 6.45) is 7.37. The Labute approximate surface area is 181 Å². The van der Waals surface area contributed by atoms with Crippen LogP contribution in [0.2, 0.25) is 0 Å². The first kappa shape index (κ1) is 20.8. The average molecular weight is 418 g/mol. The summed E-state index contributed by atoms with van der Waals surface area (Å²) < 4.78 is 23.5. The maximum absolute atomic E-state index is 13.9. The number of halogens is 1. The van der Waals surface area contributed by atoms with E-state index in [0.717, 1.165) is 22.5 Å². The summed E-state index contributed by atoms with van der Waals surface area (Å²) >= 11 is 0. The lowest BCUT2D eigenvalue weighted by atomic mass is 9.77. The molecule has 0 radical (unpaired) electrons. The number of benzene rings is 1. The Hall–Kier alpha value is -3.47. The van der Waals surface area contributed by atoms with Gasteiger partial charge in [0.05, 0.1) is 23.7 Å². The number of Topliss-reactive ketones (excluding diaryl/α,β-unsaturated/α-hetero) is 1. The fourth-order valence-electron chi connectivity index (χ4n) is 4.77. The molecule has 0 unspecified atom stereocenters. The largest absolute Gasteiger partial charge is 0.495 e. The van der Waals surface area contributed by atoms with Crippen molar-refractivity contribution in [3.63, 3.8) is 0 Å². The molecule has 4 rings (SSSR count). The zero-order chi connectivity index (χ0) is 22.7. The minimum absolute atomic E-state index is 0.113. The van der Waals surface area contributed by atoms with E-state index in [-0.39, 0.29) is 17.0 Å². The zero-order valence-electron chi connectivity index (χ0n) is 18.5. The second-order valence-corrected chi connectivity index (χ2v) is 8.39. The lowest BCUT2D eigenvalue weighted by Crippen LogP contribution is -2.29. The summed E-state index contributed by atoms with van der Waals surface area (Å²) in [4.78, 5) is 13.3. The molecule has 1 aliphatic carbocycles. The van der Waals surface area contributed by atoms with Crippen molar-refractivity contribution in [2.24, 2.45) is 12.5 Å². The van der Waals surface area contributed by atoms with E-state index in [1.54, 1.807) is 19.3 Å².